The summed E-state index contributed by atoms with van der Waals surface area (Å²) in [4.78, 5) is 27.5. The lowest BCUT2D eigenvalue weighted by Gasteiger charge is -2.13. The van der Waals surface area contributed by atoms with Crippen LogP contribution in [0.2, 0.25) is 0 Å². The molecule has 1 saturated heterocycles. The highest BCUT2D eigenvalue weighted by Gasteiger charge is 2.33. The van der Waals surface area contributed by atoms with Crippen molar-refractivity contribution in [1.82, 2.24) is 0 Å². The number of nitrogens with zero attached hydrogens (tertiary/aromatic N) is 1. The van der Waals surface area contributed by atoms with Crippen molar-refractivity contribution in [3.05, 3.63) is 93.3 Å². The van der Waals surface area contributed by atoms with Gasteiger partial charge in [0.1, 0.15) is 0 Å². The molecule has 4 rings (SSSR count). The first kappa shape index (κ1) is 22.3. The highest BCUT2D eigenvalue weighted by atomic mass is 79.9. The lowest BCUT2D eigenvalue weighted by atomic mass is 10.1. The molecular formula is C24H16BrNO4S2. The van der Waals surface area contributed by atoms with Gasteiger partial charge in [0.25, 0.3) is 5.91 Å². The Labute approximate surface area is 203 Å². The van der Waals surface area contributed by atoms with Gasteiger partial charge in [-0.2, -0.15) is 0 Å². The van der Waals surface area contributed by atoms with Gasteiger partial charge in [-0.15, -0.1) is 0 Å². The van der Waals surface area contributed by atoms with Crippen LogP contribution in [0.25, 0.3) is 6.08 Å². The Morgan fingerprint density at radius 2 is 1.75 bits per heavy atom. The summed E-state index contributed by atoms with van der Waals surface area (Å²) >= 11 is 9.99. The molecule has 3 aromatic carbocycles. The first-order valence-electron chi connectivity index (χ1n) is 9.45. The molecule has 1 aliphatic rings. The average Bonchev–Trinajstić information content (AvgIpc) is 3.08. The van der Waals surface area contributed by atoms with Crippen LogP contribution in [-0.4, -0.2) is 23.3 Å². The summed E-state index contributed by atoms with van der Waals surface area (Å²) in [5, 5.41) is 0. The molecule has 1 amide bonds. The van der Waals surface area contributed by atoms with E-state index in [1.54, 1.807) is 42.5 Å². The van der Waals surface area contributed by atoms with E-state index >= 15 is 0 Å². The van der Waals surface area contributed by atoms with Gasteiger partial charge in [-0.1, -0.05) is 60.4 Å². The molecular weight excluding hydrogens is 510 g/mol. The van der Waals surface area contributed by atoms with Gasteiger partial charge in [0.2, 0.25) is 0 Å². The van der Waals surface area contributed by atoms with E-state index in [1.807, 2.05) is 36.4 Å². The van der Waals surface area contributed by atoms with E-state index in [0.29, 0.717) is 25.0 Å². The lowest BCUT2D eigenvalue weighted by molar-refractivity contribution is -0.113. The molecule has 3 aromatic rings. The van der Waals surface area contributed by atoms with Gasteiger partial charge in [0.05, 0.1) is 23.3 Å². The second-order valence-corrected chi connectivity index (χ2v) is 9.16. The third-order valence-corrected chi connectivity index (χ3v) is 6.58. The molecule has 0 unspecified atom stereocenters. The van der Waals surface area contributed by atoms with E-state index in [4.69, 9.17) is 21.7 Å². The zero-order valence-electron chi connectivity index (χ0n) is 16.8. The normalized spacial score (nSPS) is 14.7. The number of para-hydroxylation sites is 1. The molecule has 0 saturated carbocycles. The fraction of sp³-hybridized carbons (Fsp3) is 0.0417. The van der Waals surface area contributed by atoms with E-state index in [2.05, 4.69) is 15.9 Å². The molecule has 0 aromatic heterocycles. The van der Waals surface area contributed by atoms with E-state index in [-0.39, 0.29) is 11.7 Å². The quantitative estimate of drug-likeness (QED) is 0.174. The maximum Gasteiger partial charge on any atom is 0.344 e. The van der Waals surface area contributed by atoms with Crippen molar-refractivity contribution in [2.75, 3.05) is 12.0 Å². The molecule has 0 N–H and O–H groups in total. The van der Waals surface area contributed by atoms with Crippen LogP contribution in [0.1, 0.15) is 15.9 Å². The number of thiocarbonyl (C=S) groups is 1. The van der Waals surface area contributed by atoms with Gasteiger partial charge in [0.15, 0.2) is 15.8 Å². The van der Waals surface area contributed by atoms with Gasteiger partial charge in [-0.05, 0) is 64.0 Å². The number of methoxy groups -OCH3 is 1. The Kier molecular flexibility index (Phi) is 6.74. The topological polar surface area (TPSA) is 55.8 Å². The van der Waals surface area contributed by atoms with Gasteiger partial charge in [-0.25, -0.2) is 4.79 Å². The summed E-state index contributed by atoms with van der Waals surface area (Å²) in [5.74, 6) is -0.0400. The predicted molar refractivity (Wildman–Crippen MR) is 134 cm³/mol. The van der Waals surface area contributed by atoms with Crippen LogP contribution in [0.3, 0.4) is 0 Å². The van der Waals surface area contributed by atoms with Crippen LogP contribution < -0.4 is 14.4 Å². The number of thioether (sulfide) groups is 1. The second-order valence-electron chi connectivity index (χ2n) is 6.63. The smallest absolute Gasteiger partial charge is 0.344 e. The van der Waals surface area contributed by atoms with Crippen LogP contribution in [0.15, 0.2) is 82.2 Å². The number of carbonyl (C=O) groups excluding carboxylic acids is 2. The molecule has 5 nitrogen and oxygen atoms in total. The Hall–Kier alpha value is -2.94. The van der Waals surface area contributed by atoms with Crippen LogP contribution in [0.4, 0.5) is 5.69 Å². The molecule has 0 radical (unpaired) electrons. The van der Waals surface area contributed by atoms with Crippen molar-refractivity contribution >= 4 is 67.9 Å². The van der Waals surface area contributed by atoms with Gasteiger partial charge in [-0.3, -0.25) is 9.69 Å². The van der Waals surface area contributed by atoms with Crippen LogP contribution >= 0.6 is 39.9 Å². The zero-order chi connectivity index (χ0) is 22.7. The average molecular weight is 526 g/mol. The Balaban J connectivity index is 1.57. The number of anilines is 1. The number of esters is 1. The van der Waals surface area contributed by atoms with Gasteiger partial charge < -0.3 is 9.47 Å². The standard InChI is InChI=1S/C24H16BrNO4S2/c1-29-20-13-15(11-12-19(20)30-23(28)17-9-5-6-10-18(17)25)14-21-22(27)26(24(31)32-21)16-7-3-2-4-8-16/h2-14H,1H3. The van der Waals surface area contributed by atoms with Crippen LogP contribution in [-0.2, 0) is 4.79 Å². The maximum absolute atomic E-state index is 12.9. The molecule has 0 spiro atoms. The van der Waals surface area contributed by atoms with Crippen molar-refractivity contribution < 1.29 is 19.1 Å². The van der Waals surface area contributed by atoms with Crippen molar-refractivity contribution in [3.63, 3.8) is 0 Å². The third kappa shape index (κ3) is 4.62. The number of amides is 1. The zero-order valence-corrected chi connectivity index (χ0v) is 20.0. The minimum atomic E-state index is -0.507. The minimum Gasteiger partial charge on any atom is -0.493 e. The van der Waals surface area contributed by atoms with Gasteiger partial charge in [0, 0.05) is 4.47 Å². The molecule has 1 fully saturated rings. The number of benzene rings is 3. The summed E-state index contributed by atoms with van der Waals surface area (Å²) in [6, 6.07) is 21.4. The summed E-state index contributed by atoms with van der Waals surface area (Å²) in [6.45, 7) is 0. The number of hydrogen-bond donors (Lipinski definition) is 0. The molecule has 1 heterocycles. The predicted octanol–water partition coefficient (Wildman–Crippen LogP) is 6.08. The largest absolute Gasteiger partial charge is 0.493 e. The second kappa shape index (κ2) is 9.68. The van der Waals surface area contributed by atoms with Gasteiger partial charge >= 0.3 is 5.97 Å². The van der Waals surface area contributed by atoms with Crippen molar-refractivity contribution in [2.45, 2.75) is 0 Å². The lowest BCUT2D eigenvalue weighted by Crippen LogP contribution is -2.27. The SMILES string of the molecule is COc1cc(C=C2SC(=S)N(c3ccccc3)C2=O)ccc1OC(=O)c1ccccc1Br. The fourth-order valence-corrected chi connectivity index (χ4v) is 4.80. The number of halogens is 1. The van der Waals surface area contributed by atoms with Crippen molar-refractivity contribution in [3.8, 4) is 11.5 Å². The highest BCUT2D eigenvalue weighted by Crippen LogP contribution is 2.37. The number of hydrogen-bond acceptors (Lipinski definition) is 6. The van der Waals surface area contributed by atoms with Crippen LogP contribution in [0.5, 0.6) is 11.5 Å². The molecule has 0 bridgehead atoms. The minimum absolute atomic E-state index is 0.186. The Bertz CT molecular complexity index is 1240. The summed E-state index contributed by atoms with van der Waals surface area (Å²) in [5.41, 5.74) is 1.85. The van der Waals surface area contributed by atoms with Crippen molar-refractivity contribution in [2.24, 2.45) is 0 Å². The summed E-state index contributed by atoms with van der Waals surface area (Å²) < 4.78 is 12.0. The van der Waals surface area contributed by atoms with E-state index in [0.717, 1.165) is 11.3 Å². The summed E-state index contributed by atoms with van der Waals surface area (Å²) in [7, 11) is 1.49. The maximum atomic E-state index is 12.9. The molecule has 160 valence electrons. The first-order chi connectivity index (χ1) is 15.5. The van der Waals surface area contributed by atoms with E-state index in [1.165, 1.54) is 23.8 Å². The summed E-state index contributed by atoms with van der Waals surface area (Å²) in [6.07, 6.45) is 1.74. The molecule has 0 atom stereocenters. The molecule has 0 aliphatic carbocycles. The van der Waals surface area contributed by atoms with Crippen LogP contribution in [0, 0.1) is 0 Å². The third-order valence-electron chi connectivity index (χ3n) is 4.59. The van der Waals surface area contributed by atoms with Crippen molar-refractivity contribution in [1.29, 1.82) is 0 Å². The highest BCUT2D eigenvalue weighted by molar-refractivity contribution is 9.10. The number of ether oxygens (including phenoxy) is 2. The first-order valence-corrected chi connectivity index (χ1v) is 11.5. The van der Waals surface area contributed by atoms with E-state index < -0.39 is 5.97 Å². The number of rotatable bonds is 5. The number of carbonyl (C=O) groups is 2. The van der Waals surface area contributed by atoms with E-state index in [9.17, 15) is 9.59 Å². The molecule has 1 aliphatic heterocycles. The monoisotopic (exact) mass is 525 g/mol. The Morgan fingerprint density at radius 3 is 2.47 bits per heavy atom. The fourth-order valence-electron chi connectivity index (χ4n) is 3.06. The Morgan fingerprint density at radius 1 is 1.03 bits per heavy atom. The molecule has 8 heteroatoms. The molecule has 32 heavy (non-hydrogen) atoms.